The Morgan fingerprint density at radius 2 is 0.487 bits per heavy atom. The van der Waals surface area contributed by atoms with Crippen LogP contribution in [0.3, 0.4) is 0 Å². The van der Waals surface area contributed by atoms with Gasteiger partial charge >= 0.3 is 17.9 Å². The summed E-state index contributed by atoms with van der Waals surface area (Å²) >= 11 is 0. The maximum Gasteiger partial charge on any atom is 0.306 e. The Hall–Kier alpha value is -2.89. The smallest absolute Gasteiger partial charge is 0.306 e. The number of hydrogen-bond acceptors (Lipinski definition) is 6. The molecule has 0 saturated heterocycles. The Morgan fingerprint density at radius 1 is 0.263 bits per heavy atom. The molecule has 466 valence electrons. The van der Waals surface area contributed by atoms with E-state index in [9.17, 15) is 14.4 Å². The molecule has 6 heteroatoms. The summed E-state index contributed by atoms with van der Waals surface area (Å²) in [4.78, 5) is 38.1. The minimum atomic E-state index is -0.777. The highest BCUT2D eigenvalue weighted by atomic mass is 16.6. The molecule has 0 N–H and O–H groups in total. The fraction of sp³-hybridized carbons (Fsp3) is 0.824. The van der Waals surface area contributed by atoms with E-state index in [1.807, 2.05) is 0 Å². The van der Waals surface area contributed by atoms with E-state index >= 15 is 0 Å². The number of ether oxygens (including phenoxy) is 3. The Balaban J connectivity index is 3.96. The lowest BCUT2D eigenvalue weighted by molar-refractivity contribution is -0.167. The van der Waals surface area contributed by atoms with E-state index in [4.69, 9.17) is 14.2 Å². The maximum absolute atomic E-state index is 12.9. The fourth-order valence-electron chi connectivity index (χ4n) is 10.5. The summed E-state index contributed by atoms with van der Waals surface area (Å²) in [6, 6.07) is 0. The van der Waals surface area contributed by atoms with Crippen molar-refractivity contribution < 1.29 is 28.6 Å². The summed E-state index contributed by atoms with van der Waals surface area (Å²) in [6.45, 7) is 6.51. The van der Waals surface area contributed by atoms with Gasteiger partial charge in [-0.25, -0.2) is 0 Å². The molecule has 0 fully saturated rings. The Labute approximate surface area is 498 Å². The van der Waals surface area contributed by atoms with Gasteiger partial charge in [-0.2, -0.15) is 0 Å². The van der Waals surface area contributed by atoms with Crippen LogP contribution in [0.25, 0.3) is 0 Å². The molecule has 0 aliphatic heterocycles. The van der Waals surface area contributed by atoms with E-state index in [0.29, 0.717) is 19.3 Å². The van der Waals surface area contributed by atoms with Gasteiger partial charge in [0.05, 0.1) is 0 Å². The quantitative estimate of drug-likeness (QED) is 0.0261. The second-order valence-electron chi connectivity index (χ2n) is 23.8. The lowest BCUT2D eigenvalue weighted by atomic mass is 10.0. The Morgan fingerprint density at radius 3 is 0.762 bits per heavy atom. The number of carbonyl (C=O) groups excluding carboxylic acids is 3. The van der Waals surface area contributed by atoms with Gasteiger partial charge in [0.15, 0.2) is 6.10 Å². The third-order valence-corrected chi connectivity index (χ3v) is 15.8. The minimum Gasteiger partial charge on any atom is -0.462 e. The number of esters is 3. The van der Waals surface area contributed by atoms with Crippen molar-refractivity contribution in [2.75, 3.05) is 13.2 Å². The zero-order valence-corrected chi connectivity index (χ0v) is 53.6. The van der Waals surface area contributed by atoms with E-state index in [2.05, 4.69) is 81.5 Å². The van der Waals surface area contributed by atoms with E-state index in [1.54, 1.807) is 0 Å². The van der Waals surface area contributed by atoms with Crippen LogP contribution in [0.4, 0.5) is 0 Å². The number of rotatable bonds is 65. The summed E-state index contributed by atoms with van der Waals surface area (Å²) in [5.74, 6) is -0.878. The van der Waals surface area contributed by atoms with Gasteiger partial charge in [-0.1, -0.05) is 351 Å². The predicted molar refractivity (Wildman–Crippen MR) is 348 cm³/mol. The summed E-state index contributed by atoms with van der Waals surface area (Å²) in [6.07, 6.45) is 88.8. The van der Waals surface area contributed by atoms with Gasteiger partial charge < -0.3 is 14.2 Å². The predicted octanol–water partition coefficient (Wildman–Crippen LogP) is 24.3. The van der Waals surface area contributed by atoms with E-state index in [0.717, 1.165) is 96.3 Å². The molecule has 0 aromatic rings. The molecule has 0 aliphatic carbocycles. The first-order chi connectivity index (χ1) is 39.5. The zero-order chi connectivity index (χ0) is 57.8. The van der Waals surface area contributed by atoms with E-state index in [-0.39, 0.29) is 31.1 Å². The average Bonchev–Trinajstić information content (AvgIpc) is 3.46. The van der Waals surface area contributed by atoms with Gasteiger partial charge in [-0.15, -0.1) is 0 Å². The van der Waals surface area contributed by atoms with Crippen LogP contribution in [-0.4, -0.2) is 37.2 Å². The van der Waals surface area contributed by atoms with Gasteiger partial charge in [0.25, 0.3) is 0 Å². The van der Waals surface area contributed by atoms with E-state index < -0.39 is 6.10 Å². The highest BCUT2D eigenvalue weighted by Crippen LogP contribution is 2.19. The number of allylic oxidation sites excluding steroid dienone is 10. The van der Waals surface area contributed by atoms with Crippen LogP contribution in [0.15, 0.2) is 60.8 Å². The van der Waals surface area contributed by atoms with Crippen LogP contribution in [0.2, 0.25) is 0 Å². The standard InChI is InChI=1S/C74H134O6/c1-4-7-10-13-16-18-20-22-24-26-28-30-32-33-34-35-36-37-38-39-40-41-43-44-46-48-50-52-54-56-58-61-64-67-73(76)79-70-71(69-78-72(75)66-63-60-15-12-9-6-3)80-74(77)68-65-62-59-57-55-53-51-49-47-45-42-31-29-27-25-23-21-19-17-14-11-8-5-2/h8,11,17,19,23,25,29,31,45,47,71H,4-7,9-10,12-16,18,20-22,24,26-28,30,32-44,46,48-70H2,1-3H3/b11-8-,19-17-,25-23-,31-29-,47-45-. The second kappa shape index (κ2) is 68.6. The van der Waals surface area contributed by atoms with Crippen molar-refractivity contribution in [2.24, 2.45) is 0 Å². The number of hydrogen-bond donors (Lipinski definition) is 0. The van der Waals surface area contributed by atoms with Crippen molar-refractivity contribution in [1.82, 2.24) is 0 Å². The van der Waals surface area contributed by atoms with Gasteiger partial charge in [-0.3, -0.25) is 14.4 Å². The van der Waals surface area contributed by atoms with E-state index in [1.165, 1.54) is 238 Å². The van der Waals surface area contributed by atoms with Crippen LogP contribution in [0.1, 0.15) is 374 Å². The molecule has 0 saturated carbocycles. The maximum atomic E-state index is 12.9. The topological polar surface area (TPSA) is 78.9 Å². The van der Waals surface area contributed by atoms with Gasteiger partial charge in [0, 0.05) is 19.3 Å². The molecule has 0 rings (SSSR count). The molecule has 1 unspecified atom stereocenters. The summed E-state index contributed by atoms with van der Waals surface area (Å²) in [7, 11) is 0. The van der Waals surface area contributed by atoms with Crippen molar-refractivity contribution in [3.63, 3.8) is 0 Å². The monoisotopic (exact) mass is 1120 g/mol. The normalized spacial score (nSPS) is 12.4. The van der Waals surface area contributed by atoms with Crippen molar-refractivity contribution in [1.29, 1.82) is 0 Å². The average molecular weight is 1120 g/mol. The van der Waals surface area contributed by atoms with Crippen molar-refractivity contribution >= 4 is 17.9 Å². The lowest BCUT2D eigenvalue weighted by Gasteiger charge is -2.18. The van der Waals surface area contributed by atoms with Crippen LogP contribution in [0, 0.1) is 0 Å². The summed E-state index contributed by atoms with van der Waals surface area (Å²) < 4.78 is 16.8. The molecule has 80 heavy (non-hydrogen) atoms. The van der Waals surface area contributed by atoms with Crippen LogP contribution < -0.4 is 0 Å². The number of unbranched alkanes of at least 4 members (excludes halogenated alkanes) is 44. The fourth-order valence-corrected chi connectivity index (χ4v) is 10.5. The first-order valence-corrected chi connectivity index (χ1v) is 35.3. The van der Waals surface area contributed by atoms with Gasteiger partial charge in [-0.05, 0) is 64.2 Å². The number of carbonyl (C=O) groups is 3. The Kier molecular flexibility index (Phi) is 66.1. The molecule has 0 spiro atoms. The molecule has 0 heterocycles. The molecule has 1 atom stereocenters. The molecule has 0 aromatic carbocycles. The zero-order valence-electron chi connectivity index (χ0n) is 53.6. The van der Waals surface area contributed by atoms with Crippen LogP contribution in [-0.2, 0) is 28.6 Å². The highest BCUT2D eigenvalue weighted by Gasteiger charge is 2.19. The van der Waals surface area contributed by atoms with Gasteiger partial charge in [0.1, 0.15) is 13.2 Å². The SMILES string of the molecule is CC/C=C\C/C=C\C/C=C\C/C=C\C/C=C\CCCCCCCCCC(=O)OC(COC(=O)CCCCCCCC)COC(=O)CCCCCCCCCCCCCCCCCCCCCCCCCCCCCCCCCCC. The molecule has 6 nitrogen and oxygen atoms in total. The van der Waals surface area contributed by atoms with Crippen molar-refractivity contribution in [3.8, 4) is 0 Å². The van der Waals surface area contributed by atoms with Crippen LogP contribution in [0.5, 0.6) is 0 Å². The largest absolute Gasteiger partial charge is 0.462 e. The Bertz CT molecular complexity index is 1430. The molecular formula is C74H134O6. The highest BCUT2D eigenvalue weighted by molar-refractivity contribution is 5.71. The second-order valence-corrected chi connectivity index (χ2v) is 23.8. The van der Waals surface area contributed by atoms with Gasteiger partial charge in [0.2, 0.25) is 0 Å². The third kappa shape index (κ3) is 65.9. The summed E-state index contributed by atoms with van der Waals surface area (Å²) in [5, 5.41) is 0. The molecule has 0 amide bonds. The summed E-state index contributed by atoms with van der Waals surface area (Å²) in [5.41, 5.74) is 0. The minimum absolute atomic E-state index is 0.0753. The molecule has 0 aromatic heterocycles. The molecule has 0 bridgehead atoms. The van der Waals surface area contributed by atoms with Crippen molar-refractivity contribution in [3.05, 3.63) is 60.8 Å². The van der Waals surface area contributed by atoms with Crippen molar-refractivity contribution in [2.45, 2.75) is 380 Å². The first kappa shape index (κ1) is 77.1. The lowest BCUT2D eigenvalue weighted by Crippen LogP contribution is -2.30. The van der Waals surface area contributed by atoms with Crippen LogP contribution >= 0.6 is 0 Å². The molecule has 0 radical (unpaired) electrons. The molecular weight excluding hydrogens is 985 g/mol. The molecule has 0 aliphatic rings. The first-order valence-electron chi connectivity index (χ1n) is 35.3. The third-order valence-electron chi connectivity index (χ3n) is 15.8.